The van der Waals surface area contributed by atoms with Crippen LogP contribution >= 0.6 is 15.9 Å². The van der Waals surface area contributed by atoms with Crippen molar-refractivity contribution in [2.24, 2.45) is 0 Å². The second-order valence-corrected chi connectivity index (χ2v) is 5.34. The molecule has 0 saturated carbocycles. The SMILES string of the molecule is Cc1c(N)cc(C(C)(C)C)c(O)c1Br. The number of rotatable bonds is 0. The molecule has 0 aliphatic heterocycles. The Bertz CT molecular complexity index is 367. The van der Waals surface area contributed by atoms with Crippen molar-refractivity contribution in [2.75, 3.05) is 5.73 Å². The van der Waals surface area contributed by atoms with Gasteiger partial charge in [0.05, 0.1) is 4.47 Å². The lowest BCUT2D eigenvalue weighted by Gasteiger charge is -2.22. The summed E-state index contributed by atoms with van der Waals surface area (Å²) in [6, 6.07) is 1.84. The molecule has 0 aromatic heterocycles. The Kier molecular flexibility index (Phi) is 2.81. The molecule has 78 valence electrons. The number of aromatic hydroxyl groups is 1. The highest BCUT2D eigenvalue weighted by Crippen LogP contribution is 2.40. The Hall–Kier alpha value is -0.700. The third-order valence-electron chi connectivity index (χ3n) is 2.33. The number of nitrogen functional groups attached to an aromatic ring is 1. The average Bonchev–Trinajstić information content (AvgIpc) is 2.06. The lowest BCUT2D eigenvalue weighted by molar-refractivity contribution is 0.443. The summed E-state index contributed by atoms with van der Waals surface area (Å²) in [5, 5.41) is 9.94. The fraction of sp³-hybridized carbons (Fsp3) is 0.455. The fourth-order valence-electron chi connectivity index (χ4n) is 1.33. The van der Waals surface area contributed by atoms with Crippen molar-refractivity contribution in [3.05, 3.63) is 21.7 Å². The third-order valence-corrected chi connectivity index (χ3v) is 3.30. The van der Waals surface area contributed by atoms with Gasteiger partial charge in [0.1, 0.15) is 5.75 Å². The minimum Gasteiger partial charge on any atom is -0.506 e. The molecule has 2 nitrogen and oxygen atoms in total. The largest absolute Gasteiger partial charge is 0.506 e. The van der Waals surface area contributed by atoms with Gasteiger partial charge in [-0.25, -0.2) is 0 Å². The molecule has 0 bridgehead atoms. The summed E-state index contributed by atoms with van der Waals surface area (Å²) >= 11 is 3.34. The maximum atomic E-state index is 9.94. The second kappa shape index (κ2) is 3.46. The van der Waals surface area contributed by atoms with Gasteiger partial charge in [-0.15, -0.1) is 0 Å². The highest BCUT2D eigenvalue weighted by molar-refractivity contribution is 9.10. The number of hydrogen-bond donors (Lipinski definition) is 2. The Morgan fingerprint density at radius 1 is 1.36 bits per heavy atom. The molecule has 1 aromatic carbocycles. The van der Waals surface area contributed by atoms with E-state index in [0.717, 1.165) is 11.1 Å². The molecule has 0 saturated heterocycles. The molecule has 3 heteroatoms. The molecule has 0 radical (unpaired) electrons. The molecule has 0 unspecified atom stereocenters. The van der Waals surface area contributed by atoms with Gasteiger partial charge in [-0.2, -0.15) is 0 Å². The smallest absolute Gasteiger partial charge is 0.133 e. The maximum absolute atomic E-state index is 9.94. The molecule has 0 fully saturated rings. The number of benzene rings is 1. The van der Waals surface area contributed by atoms with Gasteiger partial charge < -0.3 is 10.8 Å². The van der Waals surface area contributed by atoms with Gasteiger partial charge in [0.2, 0.25) is 0 Å². The van der Waals surface area contributed by atoms with Crippen LogP contribution in [0.25, 0.3) is 0 Å². The molecular formula is C11H16BrNO. The molecular weight excluding hydrogens is 242 g/mol. The van der Waals surface area contributed by atoms with Crippen molar-refractivity contribution in [3.63, 3.8) is 0 Å². The first kappa shape index (κ1) is 11.4. The van der Waals surface area contributed by atoms with E-state index in [-0.39, 0.29) is 5.41 Å². The Balaban J connectivity index is 3.49. The normalized spacial score (nSPS) is 11.8. The predicted octanol–water partition coefficient (Wildman–Crippen LogP) is 3.34. The van der Waals surface area contributed by atoms with E-state index in [9.17, 15) is 5.11 Å². The quantitative estimate of drug-likeness (QED) is 0.553. The van der Waals surface area contributed by atoms with Crippen LogP contribution in [-0.4, -0.2) is 5.11 Å². The molecule has 0 spiro atoms. The second-order valence-electron chi connectivity index (χ2n) is 4.55. The highest BCUT2D eigenvalue weighted by atomic mass is 79.9. The first-order valence-electron chi connectivity index (χ1n) is 4.53. The minimum atomic E-state index is -0.103. The van der Waals surface area contributed by atoms with Gasteiger partial charge in [-0.05, 0) is 39.9 Å². The standard InChI is InChI=1S/C11H16BrNO/c1-6-8(13)5-7(11(2,3)4)10(14)9(6)12/h5,14H,13H2,1-4H3. The highest BCUT2D eigenvalue weighted by Gasteiger charge is 2.21. The molecule has 14 heavy (non-hydrogen) atoms. The fourth-order valence-corrected chi connectivity index (χ4v) is 1.77. The summed E-state index contributed by atoms with van der Waals surface area (Å²) in [5.41, 5.74) is 8.20. The van der Waals surface area contributed by atoms with Crippen LogP contribution < -0.4 is 5.73 Å². The summed E-state index contributed by atoms with van der Waals surface area (Å²) in [6.45, 7) is 8.02. The van der Waals surface area contributed by atoms with Crippen molar-refractivity contribution in [3.8, 4) is 5.75 Å². The Morgan fingerprint density at radius 3 is 2.29 bits per heavy atom. The zero-order valence-corrected chi connectivity index (χ0v) is 10.6. The third kappa shape index (κ3) is 1.87. The Labute approximate surface area is 93.3 Å². The van der Waals surface area contributed by atoms with E-state index >= 15 is 0 Å². The monoisotopic (exact) mass is 257 g/mol. The number of phenols is 1. The van der Waals surface area contributed by atoms with E-state index in [1.165, 1.54) is 0 Å². The van der Waals surface area contributed by atoms with Crippen molar-refractivity contribution in [1.29, 1.82) is 0 Å². The number of phenolic OH excluding ortho intramolecular Hbond substituents is 1. The van der Waals surface area contributed by atoms with Gasteiger partial charge >= 0.3 is 0 Å². The summed E-state index contributed by atoms with van der Waals surface area (Å²) in [4.78, 5) is 0. The van der Waals surface area contributed by atoms with Crippen molar-refractivity contribution >= 4 is 21.6 Å². The van der Waals surface area contributed by atoms with E-state index in [2.05, 4.69) is 15.9 Å². The van der Waals surface area contributed by atoms with E-state index in [1.54, 1.807) is 0 Å². The number of halogens is 1. The lowest BCUT2D eigenvalue weighted by atomic mass is 9.85. The van der Waals surface area contributed by atoms with Crippen LogP contribution in [0.3, 0.4) is 0 Å². The van der Waals surface area contributed by atoms with Crippen molar-refractivity contribution < 1.29 is 5.11 Å². The predicted molar refractivity (Wildman–Crippen MR) is 63.7 cm³/mol. The van der Waals surface area contributed by atoms with Gasteiger partial charge in [-0.1, -0.05) is 20.8 Å². The van der Waals surface area contributed by atoms with Crippen LogP contribution in [0.4, 0.5) is 5.69 Å². The molecule has 0 aliphatic carbocycles. The van der Waals surface area contributed by atoms with Crippen LogP contribution in [0, 0.1) is 6.92 Å². The van der Waals surface area contributed by atoms with Crippen molar-refractivity contribution in [1.82, 2.24) is 0 Å². The first-order valence-corrected chi connectivity index (χ1v) is 5.32. The van der Waals surface area contributed by atoms with Gasteiger partial charge in [0, 0.05) is 11.3 Å². The molecule has 3 N–H and O–H groups in total. The van der Waals surface area contributed by atoms with Gasteiger partial charge in [0.15, 0.2) is 0 Å². The zero-order chi connectivity index (χ0) is 11.1. The molecule has 0 amide bonds. The van der Waals surface area contributed by atoms with E-state index in [0.29, 0.717) is 15.9 Å². The number of hydrogen-bond acceptors (Lipinski definition) is 2. The number of anilines is 1. The molecule has 1 rings (SSSR count). The summed E-state index contributed by atoms with van der Waals surface area (Å²) in [5.74, 6) is 0.296. The topological polar surface area (TPSA) is 46.2 Å². The minimum absolute atomic E-state index is 0.103. The zero-order valence-electron chi connectivity index (χ0n) is 8.98. The van der Waals surface area contributed by atoms with Gasteiger partial charge in [0.25, 0.3) is 0 Å². The van der Waals surface area contributed by atoms with Gasteiger partial charge in [-0.3, -0.25) is 0 Å². The van der Waals surface area contributed by atoms with Crippen LogP contribution in [0.5, 0.6) is 5.75 Å². The van der Waals surface area contributed by atoms with Crippen molar-refractivity contribution in [2.45, 2.75) is 33.1 Å². The molecule has 1 aromatic rings. The first-order chi connectivity index (χ1) is 6.25. The van der Waals surface area contributed by atoms with Crippen LogP contribution in [0.2, 0.25) is 0 Å². The Morgan fingerprint density at radius 2 is 1.86 bits per heavy atom. The summed E-state index contributed by atoms with van der Waals surface area (Å²) in [6.07, 6.45) is 0. The van der Waals surface area contributed by atoms with Crippen LogP contribution in [-0.2, 0) is 5.41 Å². The van der Waals surface area contributed by atoms with E-state index < -0.39 is 0 Å². The molecule has 0 atom stereocenters. The summed E-state index contributed by atoms with van der Waals surface area (Å²) < 4.78 is 0.697. The van der Waals surface area contributed by atoms with E-state index in [1.807, 2.05) is 33.8 Å². The average molecular weight is 258 g/mol. The van der Waals surface area contributed by atoms with E-state index in [4.69, 9.17) is 5.73 Å². The lowest BCUT2D eigenvalue weighted by Crippen LogP contribution is -2.12. The maximum Gasteiger partial charge on any atom is 0.133 e. The summed E-state index contributed by atoms with van der Waals surface area (Å²) in [7, 11) is 0. The molecule has 0 aliphatic rings. The number of nitrogens with two attached hydrogens (primary N) is 1. The van der Waals surface area contributed by atoms with Crippen LogP contribution in [0.15, 0.2) is 10.5 Å². The van der Waals surface area contributed by atoms with Crippen LogP contribution in [0.1, 0.15) is 31.9 Å². The molecule has 0 heterocycles.